The van der Waals surface area contributed by atoms with Crippen LogP contribution in [0, 0.1) is 0 Å². The molecule has 0 aliphatic rings. The predicted molar refractivity (Wildman–Crippen MR) is 98.6 cm³/mol. The standard InChI is InChI=1S/C18H20N2O4S/c1-24-17-10-6-5-9-16(17)20-18(21)11-13-19-25(22,23)14-12-15-7-3-2-4-8-15/h2-10,12,14,19H,11,13H2,1H3,(H,20,21)/b14-12+. The molecule has 1 amide bonds. The van der Waals surface area contributed by atoms with Crippen LogP contribution < -0.4 is 14.8 Å². The number of amides is 1. The van der Waals surface area contributed by atoms with Gasteiger partial charge in [0.05, 0.1) is 12.8 Å². The number of hydrogen-bond donors (Lipinski definition) is 2. The second kappa shape index (κ2) is 9.00. The van der Waals surface area contributed by atoms with E-state index in [4.69, 9.17) is 4.74 Å². The van der Waals surface area contributed by atoms with Gasteiger partial charge in [0, 0.05) is 18.4 Å². The van der Waals surface area contributed by atoms with Gasteiger partial charge in [-0.3, -0.25) is 4.79 Å². The van der Waals surface area contributed by atoms with Crippen molar-refractivity contribution in [3.63, 3.8) is 0 Å². The second-order valence-corrected chi connectivity index (χ2v) is 6.80. The van der Waals surface area contributed by atoms with Gasteiger partial charge in [0.15, 0.2) is 0 Å². The van der Waals surface area contributed by atoms with E-state index in [1.54, 1.807) is 36.4 Å². The average Bonchev–Trinajstić information content (AvgIpc) is 2.61. The quantitative estimate of drug-likeness (QED) is 0.758. The second-order valence-electron chi connectivity index (χ2n) is 5.15. The molecule has 7 heteroatoms. The van der Waals surface area contributed by atoms with Crippen LogP contribution in [0.25, 0.3) is 6.08 Å². The first-order valence-electron chi connectivity index (χ1n) is 7.66. The van der Waals surface area contributed by atoms with Crippen molar-refractivity contribution in [3.05, 3.63) is 65.6 Å². The van der Waals surface area contributed by atoms with Crippen molar-refractivity contribution in [2.45, 2.75) is 6.42 Å². The molecule has 2 N–H and O–H groups in total. The number of benzene rings is 2. The molecular weight excluding hydrogens is 340 g/mol. The Morgan fingerprint density at radius 1 is 1.08 bits per heavy atom. The Bertz CT molecular complexity index is 833. The SMILES string of the molecule is COc1ccccc1NC(=O)CCNS(=O)(=O)/C=C/c1ccccc1. The van der Waals surface area contributed by atoms with Crippen molar-refractivity contribution in [1.29, 1.82) is 0 Å². The summed E-state index contributed by atoms with van der Waals surface area (Å²) in [7, 11) is -2.08. The van der Waals surface area contributed by atoms with Crippen LogP contribution in [-0.2, 0) is 14.8 Å². The fourth-order valence-electron chi connectivity index (χ4n) is 2.05. The number of carbonyl (C=O) groups excluding carboxylic acids is 1. The molecule has 2 aromatic rings. The molecule has 6 nitrogen and oxygen atoms in total. The van der Waals surface area contributed by atoms with Crippen LogP contribution in [0.1, 0.15) is 12.0 Å². The summed E-state index contributed by atoms with van der Waals surface area (Å²) >= 11 is 0. The van der Waals surface area contributed by atoms with E-state index in [0.717, 1.165) is 11.0 Å². The summed E-state index contributed by atoms with van der Waals surface area (Å²) in [5, 5.41) is 3.77. The fraction of sp³-hybridized carbons (Fsp3) is 0.167. The van der Waals surface area contributed by atoms with Gasteiger partial charge in [-0.25, -0.2) is 13.1 Å². The summed E-state index contributed by atoms with van der Waals surface area (Å²) in [5.41, 5.74) is 1.32. The monoisotopic (exact) mass is 360 g/mol. The van der Waals surface area contributed by atoms with Gasteiger partial charge in [-0.05, 0) is 23.8 Å². The molecule has 2 aromatic carbocycles. The molecule has 0 heterocycles. The normalized spacial score (nSPS) is 11.4. The van der Waals surface area contributed by atoms with E-state index in [1.165, 1.54) is 13.2 Å². The van der Waals surface area contributed by atoms with Crippen LogP contribution in [0.3, 0.4) is 0 Å². The zero-order chi connectivity index (χ0) is 18.1. The van der Waals surface area contributed by atoms with Gasteiger partial charge in [-0.2, -0.15) is 0 Å². The molecule has 0 unspecified atom stereocenters. The summed E-state index contributed by atoms with van der Waals surface area (Å²) in [6.45, 7) is 0.00243. The molecule has 0 radical (unpaired) electrons. The first kappa shape index (κ1) is 18.7. The van der Waals surface area contributed by atoms with E-state index in [1.807, 2.05) is 18.2 Å². The van der Waals surface area contributed by atoms with E-state index in [9.17, 15) is 13.2 Å². The topological polar surface area (TPSA) is 84.5 Å². The summed E-state index contributed by atoms with van der Waals surface area (Å²) in [4.78, 5) is 11.9. The van der Waals surface area contributed by atoms with Crippen molar-refractivity contribution in [1.82, 2.24) is 4.72 Å². The Balaban J connectivity index is 1.83. The maximum atomic E-state index is 11.9. The molecule has 0 spiro atoms. The number of ether oxygens (including phenoxy) is 1. The lowest BCUT2D eigenvalue weighted by Crippen LogP contribution is -2.26. The molecule has 2 rings (SSSR count). The third kappa shape index (κ3) is 6.40. The highest BCUT2D eigenvalue weighted by atomic mass is 32.2. The van der Waals surface area contributed by atoms with E-state index >= 15 is 0 Å². The van der Waals surface area contributed by atoms with Gasteiger partial charge in [0.1, 0.15) is 5.75 Å². The Morgan fingerprint density at radius 2 is 1.76 bits per heavy atom. The van der Waals surface area contributed by atoms with E-state index in [-0.39, 0.29) is 18.9 Å². The first-order valence-corrected chi connectivity index (χ1v) is 9.20. The van der Waals surface area contributed by atoms with Crippen LogP contribution in [-0.4, -0.2) is 28.0 Å². The number of hydrogen-bond acceptors (Lipinski definition) is 4. The Kier molecular flexibility index (Phi) is 6.73. The number of sulfonamides is 1. The molecule has 0 saturated carbocycles. The van der Waals surface area contributed by atoms with Gasteiger partial charge in [-0.1, -0.05) is 42.5 Å². The molecule has 0 aliphatic carbocycles. The van der Waals surface area contributed by atoms with Crippen LogP contribution in [0.5, 0.6) is 5.75 Å². The lowest BCUT2D eigenvalue weighted by atomic mass is 10.2. The van der Waals surface area contributed by atoms with Crippen LogP contribution >= 0.6 is 0 Å². The summed E-state index contributed by atoms with van der Waals surface area (Å²) in [6.07, 6.45) is 1.51. The van der Waals surface area contributed by atoms with Crippen molar-refractivity contribution >= 4 is 27.7 Å². The smallest absolute Gasteiger partial charge is 0.233 e. The number of nitrogens with one attached hydrogen (secondary N) is 2. The van der Waals surface area contributed by atoms with Crippen molar-refractivity contribution in [2.75, 3.05) is 19.0 Å². The minimum Gasteiger partial charge on any atom is -0.495 e. The molecule has 0 aromatic heterocycles. The highest BCUT2D eigenvalue weighted by molar-refractivity contribution is 7.92. The van der Waals surface area contributed by atoms with Gasteiger partial charge in [0.25, 0.3) is 0 Å². The van der Waals surface area contributed by atoms with Crippen LogP contribution in [0.2, 0.25) is 0 Å². The maximum Gasteiger partial charge on any atom is 0.233 e. The predicted octanol–water partition coefficient (Wildman–Crippen LogP) is 2.61. The third-order valence-electron chi connectivity index (χ3n) is 3.28. The molecule has 0 fully saturated rings. The number of para-hydroxylation sites is 2. The maximum absolute atomic E-state index is 11.9. The zero-order valence-corrected chi connectivity index (χ0v) is 14.6. The lowest BCUT2D eigenvalue weighted by Gasteiger charge is -2.09. The molecule has 0 bridgehead atoms. The van der Waals surface area contributed by atoms with Crippen molar-refractivity contribution < 1.29 is 17.9 Å². The van der Waals surface area contributed by atoms with Crippen molar-refractivity contribution in [2.24, 2.45) is 0 Å². The largest absolute Gasteiger partial charge is 0.495 e. The van der Waals surface area contributed by atoms with E-state index in [0.29, 0.717) is 11.4 Å². The highest BCUT2D eigenvalue weighted by Crippen LogP contribution is 2.22. The Labute approximate surface area is 147 Å². The molecule has 0 aliphatic heterocycles. The van der Waals surface area contributed by atoms with E-state index < -0.39 is 10.0 Å². The molecule has 25 heavy (non-hydrogen) atoms. The van der Waals surface area contributed by atoms with Crippen LogP contribution in [0.15, 0.2) is 60.0 Å². The molecule has 0 saturated heterocycles. The molecular formula is C18H20N2O4S. The number of anilines is 1. The van der Waals surface area contributed by atoms with Crippen LogP contribution in [0.4, 0.5) is 5.69 Å². The number of rotatable bonds is 8. The first-order chi connectivity index (χ1) is 12.0. The summed E-state index contributed by atoms with van der Waals surface area (Å²) in [6, 6.07) is 16.1. The fourth-order valence-corrected chi connectivity index (χ4v) is 2.87. The lowest BCUT2D eigenvalue weighted by molar-refractivity contribution is -0.116. The number of methoxy groups -OCH3 is 1. The number of carbonyl (C=O) groups is 1. The third-order valence-corrected chi connectivity index (χ3v) is 4.38. The van der Waals surface area contributed by atoms with Gasteiger partial charge < -0.3 is 10.1 Å². The average molecular weight is 360 g/mol. The van der Waals surface area contributed by atoms with Crippen molar-refractivity contribution in [3.8, 4) is 5.75 Å². The summed E-state index contributed by atoms with van der Waals surface area (Å²) in [5.74, 6) is 0.237. The summed E-state index contributed by atoms with van der Waals surface area (Å²) < 4.78 is 31.3. The molecule has 0 atom stereocenters. The minimum atomic E-state index is -3.60. The van der Waals surface area contributed by atoms with E-state index in [2.05, 4.69) is 10.0 Å². The Morgan fingerprint density at radius 3 is 2.48 bits per heavy atom. The highest BCUT2D eigenvalue weighted by Gasteiger charge is 2.09. The van der Waals surface area contributed by atoms with Gasteiger partial charge in [-0.15, -0.1) is 0 Å². The zero-order valence-electron chi connectivity index (χ0n) is 13.8. The van der Waals surface area contributed by atoms with Gasteiger partial charge in [0.2, 0.25) is 15.9 Å². The minimum absolute atomic E-state index is 0.00243. The van der Waals surface area contributed by atoms with Gasteiger partial charge >= 0.3 is 0 Å². The molecule has 132 valence electrons. The Hall–Kier alpha value is -2.64.